The fourth-order valence-electron chi connectivity index (χ4n) is 2.71. The molecule has 3 rings (SSSR count). The molecule has 0 aliphatic rings. The smallest absolute Gasteiger partial charge is 0.303 e. The third-order valence-corrected chi connectivity index (χ3v) is 5.71. The van der Waals surface area contributed by atoms with Gasteiger partial charge in [0.2, 0.25) is 0 Å². The van der Waals surface area contributed by atoms with Crippen molar-refractivity contribution in [3.63, 3.8) is 0 Å². The van der Waals surface area contributed by atoms with Crippen molar-refractivity contribution < 1.29 is 36.3 Å². The molecular weight excluding hydrogens is 472 g/mol. The summed E-state index contributed by atoms with van der Waals surface area (Å²) in [6.07, 6.45) is 0. The number of benzene rings is 3. The second-order valence-corrected chi connectivity index (χ2v) is 8.52. The number of non-ortho nitro benzene ring substituents is 1. The van der Waals surface area contributed by atoms with E-state index in [1.165, 1.54) is 0 Å². The van der Waals surface area contributed by atoms with Gasteiger partial charge in [0, 0.05) is 11.5 Å². The molecule has 0 aromatic heterocycles. The lowest BCUT2D eigenvalue weighted by molar-refractivity contribution is -0.393. The topological polar surface area (TPSA) is 220 Å². The Bertz CT molecular complexity index is 1500. The normalized spacial score (nSPS) is 11.9. The van der Waals surface area contributed by atoms with Gasteiger partial charge in [-0.2, -0.15) is 8.42 Å². The third kappa shape index (κ3) is 4.36. The molecule has 0 heterocycles. The highest BCUT2D eigenvalue weighted by Gasteiger charge is 2.24. The highest BCUT2D eigenvalue weighted by molar-refractivity contribution is 7.86. The van der Waals surface area contributed by atoms with Gasteiger partial charge in [0.1, 0.15) is 10.6 Å². The van der Waals surface area contributed by atoms with Gasteiger partial charge in [-0.1, -0.05) is 0 Å². The van der Waals surface area contributed by atoms with Gasteiger partial charge in [0.25, 0.3) is 15.8 Å². The first-order valence-corrected chi connectivity index (χ1v) is 10.8. The number of nitro benzene ring substituents is 2. The lowest BCUT2D eigenvalue weighted by Crippen LogP contribution is -1.99. The molecule has 14 nitrogen and oxygen atoms in total. The van der Waals surface area contributed by atoms with Crippen molar-refractivity contribution in [3.8, 4) is 5.75 Å². The van der Waals surface area contributed by atoms with E-state index in [1.54, 1.807) is 0 Å². The van der Waals surface area contributed by atoms with Gasteiger partial charge in [-0.3, -0.25) is 24.8 Å². The molecular formula is C16H10N4O10S2. The van der Waals surface area contributed by atoms with E-state index in [-0.39, 0.29) is 15.7 Å². The Morgan fingerprint density at radius 3 is 2.19 bits per heavy atom. The first-order chi connectivity index (χ1) is 14.9. The van der Waals surface area contributed by atoms with Gasteiger partial charge in [-0.05, 0) is 35.7 Å². The molecule has 0 fully saturated rings. The summed E-state index contributed by atoms with van der Waals surface area (Å²) in [6.45, 7) is 0. The molecule has 0 saturated heterocycles. The molecule has 0 radical (unpaired) electrons. The monoisotopic (exact) mass is 482 g/mol. The van der Waals surface area contributed by atoms with Crippen molar-refractivity contribution >= 4 is 54.3 Å². The Morgan fingerprint density at radius 1 is 0.938 bits per heavy atom. The molecule has 0 bridgehead atoms. The van der Waals surface area contributed by atoms with Crippen LogP contribution in [0.5, 0.6) is 5.75 Å². The molecule has 16 heteroatoms. The van der Waals surface area contributed by atoms with Crippen LogP contribution in [0.15, 0.2) is 62.5 Å². The number of aromatic hydroxyl groups is 1. The van der Waals surface area contributed by atoms with Crippen LogP contribution in [0.3, 0.4) is 0 Å². The minimum atomic E-state index is -5.02. The number of nitrogens with zero attached hydrogens (tertiary/aromatic N) is 4. The van der Waals surface area contributed by atoms with Gasteiger partial charge in [-0.15, -0.1) is 10.2 Å². The summed E-state index contributed by atoms with van der Waals surface area (Å²) in [4.78, 5) is 19.0. The summed E-state index contributed by atoms with van der Waals surface area (Å²) in [5, 5.41) is 39.4. The fourth-order valence-corrected chi connectivity index (χ4v) is 3.80. The van der Waals surface area contributed by atoms with E-state index in [9.17, 15) is 46.7 Å². The number of phenolic OH excluding ortho intramolecular Hbond substituents is 1. The van der Waals surface area contributed by atoms with Gasteiger partial charge >= 0.3 is 5.69 Å². The Morgan fingerprint density at radius 2 is 1.62 bits per heavy atom. The van der Waals surface area contributed by atoms with Crippen molar-refractivity contribution in [2.45, 2.75) is 9.79 Å². The van der Waals surface area contributed by atoms with Gasteiger partial charge in [0.15, 0.2) is 22.1 Å². The second kappa shape index (κ2) is 8.25. The molecule has 2 N–H and O–H groups in total. The number of thiol groups is 1. The molecule has 0 aliphatic heterocycles. The zero-order chi connectivity index (χ0) is 23.8. The van der Waals surface area contributed by atoms with E-state index in [0.717, 1.165) is 36.4 Å². The molecule has 32 heavy (non-hydrogen) atoms. The summed E-state index contributed by atoms with van der Waals surface area (Å²) < 4.78 is 55.5. The van der Waals surface area contributed by atoms with Gasteiger partial charge in [-0.25, -0.2) is 8.42 Å². The summed E-state index contributed by atoms with van der Waals surface area (Å²) in [7, 11) is -8.04. The van der Waals surface area contributed by atoms with Crippen molar-refractivity contribution in [2.75, 3.05) is 0 Å². The van der Waals surface area contributed by atoms with E-state index in [2.05, 4.69) is 10.2 Å². The Balaban J connectivity index is 2.26. The van der Waals surface area contributed by atoms with Gasteiger partial charge < -0.3 is 5.11 Å². The maximum Gasteiger partial charge on any atom is 0.303 e. The standard InChI is InChI=1S/C16H10N4O10S2/c21-16-11-3-2-10(31(26)27)5-8(11)6-14(32(28,29)30)15(16)18-17-12-4-1-9(19(22)23)7-13(12)20(24)25/h1-7,21,31H,(H,28,29,30)/b18-17+. The van der Waals surface area contributed by atoms with Gasteiger partial charge in [0.05, 0.1) is 20.8 Å². The zero-order valence-electron chi connectivity index (χ0n) is 15.3. The molecule has 0 amide bonds. The zero-order valence-corrected chi connectivity index (χ0v) is 17.1. The van der Waals surface area contributed by atoms with Crippen LogP contribution in [0, 0.1) is 20.2 Å². The maximum atomic E-state index is 11.8. The van der Waals surface area contributed by atoms with Crippen LogP contribution in [0.1, 0.15) is 0 Å². The van der Waals surface area contributed by atoms with Crippen LogP contribution in [-0.4, -0.2) is 36.3 Å². The quantitative estimate of drug-likeness (QED) is 0.153. The van der Waals surface area contributed by atoms with Crippen molar-refractivity contribution in [1.29, 1.82) is 0 Å². The molecule has 3 aromatic carbocycles. The Labute approximate surface area is 179 Å². The summed E-state index contributed by atoms with van der Waals surface area (Å²) >= 11 is 0. The average molecular weight is 482 g/mol. The van der Waals surface area contributed by atoms with E-state index in [1.807, 2.05) is 0 Å². The maximum absolute atomic E-state index is 11.8. The first-order valence-electron chi connectivity index (χ1n) is 8.16. The number of fused-ring (bicyclic) bond motifs is 1. The summed E-state index contributed by atoms with van der Waals surface area (Å²) in [5.41, 5.74) is -2.71. The van der Waals surface area contributed by atoms with Crippen molar-refractivity contribution in [2.24, 2.45) is 10.2 Å². The highest BCUT2D eigenvalue weighted by Crippen LogP contribution is 2.42. The predicted octanol–water partition coefficient (Wildman–Crippen LogP) is 2.99. The second-order valence-electron chi connectivity index (χ2n) is 6.10. The number of phenols is 1. The van der Waals surface area contributed by atoms with Crippen LogP contribution < -0.4 is 0 Å². The number of azo groups is 1. The Kier molecular flexibility index (Phi) is 5.84. The van der Waals surface area contributed by atoms with E-state index in [4.69, 9.17) is 0 Å². The number of nitro groups is 2. The molecule has 0 unspecified atom stereocenters. The molecule has 0 aliphatic carbocycles. The molecule has 3 aromatic rings. The fraction of sp³-hybridized carbons (Fsp3) is 0. The van der Waals surface area contributed by atoms with Crippen LogP contribution >= 0.6 is 0 Å². The summed E-state index contributed by atoms with van der Waals surface area (Å²) in [6, 6.07) is 6.58. The van der Waals surface area contributed by atoms with E-state index in [0.29, 0.717) is 6.07 Å². The van der Waals surface area contributed by atoms with Crippen LogP contribution in [-0.2, 0) is 20.8 Å². The highest BCUT2D eigenvalue weighted by atomic mass is 32.2. The van der Waals surface area contributed by atoms with Crippen LogP contribution in [0.2, 0.25) is 0 Å². The van der Waals surface area contributed by atoms with Crippen LogP contribution in [0.4, 0.5) is 22.7 Å². The van der Waals surface area contributed by atoms with E-state index < -0.39 is 64.1 Å². The number of hydrogen-bond acceptors (Lipinski definition) is 11. The molecule has 0 atom stereocenters. The Hall–Kier alpha value is -4.02. The largest absolute Gasteiger partial charge is 0.505 e. The summed E-state index contributed by atoms with van der Waals surface area (Å²) in [5.74, 6) is -0.809. The average Bonchev–Trinajstić information content (AvgIpc) is 2.71. The van der Waals surface area contributed by atoms with E-state index >= 15 is 0 Å². The SMILES string of the molecule is O=[N+]([O-])c1ccc(/N=N/c2c(S(=O)(=O)O)cc3cc([SH](=O)=O)ccc3c2O)c([N+](=O)[O-])c1. The number of hydrogen-bond donors (Lipinski definition) is 3. The minimum absolute atomic E-state index is 0.0508. The van der Waals surface area contributed by atoms with Crippen molar-refractivity contribution in [1.82, 2.24) is 0 Å². The molecule has 0 saturated carbocycles. The molecule has 0 spiro atoms. The number of rotatable bonds is 6. The third-order valence-electron chi connectivity index (χ3n) is 4.15. The predicted molar refractivity (Wildman–Crippen MR) is 108 cm³/mol. The first kappa shape index (κ1) is 22.7. The van der Waals surface area contributed by atoms with Crippen molar-refractivity contribution in [3.05, 3.63) is 62.7 Å². The molecule has 166 valence electrons. The lowest BCUT2D eigenvalue weighted by atomic mass is 10.1. The minimum Gasteiger partial charge on any atom is -0.505 e. The van der Waals surface area contributed by atoms with Crippen LogP contribution in [0.25, 0.3) is 10.8 Å². The lowest BCUT2D eigenvalue weighted by Gasteiger charge is -2.09.